The molecule has 1 saturated carbocycles. The van der Waals surface area contributed by atoms with E-state index in [1.165, 1.54) is 0 Å². The van der Waals surface area contributed by atoms with Crippen LogP contribution in [0.1, 0.15) is 46.6 Å². The van der Waals surface area contributed by atoms with Crippen molar-refractivity contribution >= 4 is 23.4 Å². The highest BCUT2D eigenvalue weighted by atomic mass is 35.5. The number of aliphatic hydroxyl groups excluding tert-OH is 1. The normalized spacial score (nSPS) is 23.0. The summed E-state index contributed by atoms with van der Waals surface area (Å²) < 4.78 is 5.25. The lowest BCUT2D eigenvalue weighted by Gasteiger charge is -2.22. The molecule has 1 unspecified atom stereocenters. The number of rotatable bonds is 3. The first kappa shape index (κ1) is 17.1. The van der Waals surface area contributed by atoms with Gasteiger partial charge in [-0.25, -0.2) is 4.79 Å². The maximum atomic E-state index is 11.9. The van der Waals surface area contributed by atoms with Crippen molar-refractivity contribution in [1.29, 1.82) is 0 Å². The van der Waals surface area contributed by atoms with Gasteiger partial charge in [-0.1, -0.05) is 25.4 Å². The van der Waals surface area contributed by atoms with Crippen molar-refractivity contribution in [2.75, 3.05) is 11.9 Å². The first-order chi connectivity index (χ1) is 10.0. The van der Waals surface area contributed by atoms with Crippen LogP contribution < -0.4 is 5.32 Å². The van der Waals surface area contributed by atoms with Crippen LogP contribution >= 0.6 is 11.6 Å². The molecule has 0 bridgehead atoms. The van der Waals surface area contributed by atoms with Gasteiger partial charge in [-0.2, -0.15) is 0 Å². The van der Waals surface area contributed by atoms with Gasteiger partial charge in [0.1, 0.15) is 5.60 Å². The Bertz CT molecular complexity index is 592. The number of anilines is 1. The van der Waals surface area contributed by atoms with Crippen LogP contribution in [0.4, 0.5) is 10.5 Å². The lowest BCUT2D eigenvalue weighted by atomic mass is 9.88. The van der Waals surface area contributed by atoms with E-state index in [4.69, 9.17) is 16.3 Å². The number of hydrogen-bond acceptors (Lipinski definition) is 3. The molecule has 1 atom stereocenters. The maximum Gasteiger partial charge on any atom is 0.412 e. The number of hydrogen-bond donors (Lipinski definition) is 2. The van der Waals surface area contributed by atoms with Gasteiger partial charge in [-0.05, 0) is 56.4 Å². The smallest absolute Gasteiger partial charge is 0.412 e. The Morgan fingerprint density at radius 2 is 2.00 bits per heavy atom. The highest BCUT2D eigenvalue weighted by Crippen LogP contribution is 2.65. The lowest BCUT2D eigenvalue weighted by Crippen LogP contribution is -2.27. The van der Waals surface area contributed by atoms with Gasteiger partial charge in [-0.3, -0.25) is 5.32 Å². The van der Waals surface area contributed by atoms with Gasteiger partial charge in [0, 0.05) is 16.1 Å². The summed E-state index contributed by atoms with van der Waals surface area (Å²) in [5.74, 6) is 0. The minimum Gasteiger partial charge on any atom is -0.444 e. The van der Waals surface area contributed by atoms with Crippen molar-refractivity contribution in [3.63, 3.8) is 0 Å². The predicted octanol–water partition coefficient (Wildman–Crippen LogP) is 4.35. The molecule has 1 aliphatic carbocycles. The van der Waals surface area contributed by atoms with Gasteiger partial charge in [0.25, 0.3) is 0 Å². The molecule has 1 aromatic carbocycles. The zero-order valence-corrected chi connectivity index (χ0v) is 14.5. The number of carbonyl (C=O) groups excluding carboxylic acids is 1. The van der Waals surface area contributed by atoms with Crippen LogP contribution in [-0.2, 0) is 10.2 Å². The number of aliphatic hydroxyl groups is 1. The molecule has 0 heterocycles. The Morgan fingerprint density at radius 1 is 1.41 bits per heavy atom. The van der Waals surface area contributed by atoms with Gasteiger partial charge in [-0.15, -0.1) is 0 Å². The van der Waals surface area contributed by atoms with Crippen molar-refractivity contribution in [2.45, 2.75) is 52.1 Å². The molecule has 1 aromatic rings. The fourth-order valence-corrected chi connectivity index (χ4v) is 3.21. The van der Waals surface area contributed by atoms with E-state index < -0.39 is 11.7 Å². The van der Waals surface area contributed by atoms with Crippen LogP contribution in [0.5, 0.6) is 0 Å². The monoisotopic (exact) mass is 325 g/mol. The van der Waals surface area contributed by atoms with E-state index in [2.05, 4.69) is 19.2 Å². The second-order valence-corrected chi connectivity index (χ2v) is 8.03. The Balaban J connectivity index is 2.23. The second-order valence-electron chi connectivity index (χ2n) is 7.62. The lowest BCUT2D eigenvalue weighted by molar-refractivity contribution is 0.0636. The summed E-state index contributed by atoms with van der Waals surface area (Å²) in [6.07, 6.45) is 0.362. The van der Waals surface area contributed by atoms with Crippen LogP contribution in [0.25, 0.3) is 0 Å². The van der Waals surface area contributed by atoms with E-state index in [-0.39, 0.29) is 17.4 Å². The number of ether oxygens (including phenoxy) is 1. The van der Waals surface area contributed by atoms with Crippen LogP contribution in [0.3, 0.4) is 0 Å². The zero-order chi connectivity index (χ0) is 16.8. The predicted molar refractivity (Wildman–Crippen MR) is 88.5 cm³/mol. The summed E-state index contributed by atoms with van der Waals surface area (Å²) >= 11 is 6.31. The Hall–Kier alpha value is -1.26. The van der Waals surface area contributed by atoms with E-state index in [0.717, 1.165) is 12.0 Å². The van der Waals surface area contributed by atoms with E-state index in [0.29, 0.717) is 10.7 Å². The zero-order valence-electron chi connectivity index (χ0n) is 13.8. The molecular formula is C17H24ClNO3. The fourth-order valence-electron chi connectivity index (χ4n) is 2.92. The van der Waals surface area contributed by atoms with Crippen LogP contribution in [0, 0.1) is 5.41 Å². The van der Waals surface area contributed by atoms with Gasteiger partial charge in [0.2, 0.25) is 0 Å². The van der Waals surface area contributed by atoms with Crippen molar-refractivity contribution in [2.24, 2.45) is 5.41 Å². The Morgan fingerprint density at radius 3 is 2.45 bits per heavy atom. The molecule has 5 heteroatoms. The Kier molecular flexibility index (Phi) is 4.22. The molecule has 0 aliphatic heterocycles. The van der Waals surface area contributed by atoms with Crippen LogP contribution in [-0.4, -0.2) is 23.4 Å². The summed E-state index contributed by atoms with van der Waals surface area (Å²) in [5.41, 5.74) is 0.592. The SMILES string of the molecule is CC(C)(C)OC(=O)Nc1ccc(Cl)c(C2(CO)CC2(C)C)c1. The molecular weight excluding hydrogens is 302 g/mol. The summed E-state index contributed by atoms with van der Waals surface area (Å²) in [4.78, 5) is 11.9. The van der Waals surface area contributed by atoms with Crippen LogP contribution in [0.15, 0.2) is 18.2 Å². The highest BCUT2D eigenvalue weighted by molar-refractivity contribution is 6.31. The molecule has 1 amide bonds. The molecule has 0 saturated heterocycles. The molecule has 122 valence electrons. The first-order valence-electron chi connectivity index (χ1n) is 7.42. The summed E-state index contributed by atoms with van der Waals surface area (Å²) in [6, 6.07) is 5.31. The highest BCUT2D eigenvalue weighted by Gasteiger charge is 2.62. The molecule has 0 aromatic heterocycles. The Labute approximate surface area is 136 Å². The van der Waals surface area contributed by atoms with Crippen molar-refractivity contribution in [3.05, 3.63) is 28.8 Å². The van der Waals surface area contributed by atoms with Gasteiger partial charge < -0.3 is 9.84 Å². The quantitative estimate of drug-likeness (QED) is 0.868. The molecule has 1 fully saturated rings. The molecule has 0 radical (unpaired) electrons. The third kappa shape index (κ3) is 3.23. The molecule has 2 rings (SSSR count). The van der Waals surface area contributed by atoms with Crippen LogP contribution in [0.2, 0.25) is 5.02 Å². The minimum atomic E-state index is -0.551. The first-order valence-corrected chi connectivity index (χ1v) is 7.79. The second kappa shape index (κ2) is 5.43. The van der Waals surface area contributed by atoms with E-state index in [9.17, 15) is 9.90 Å². The average molecular weight is 326 g/mol. The number of carbonyl (C=O) groups is 1. The largest absolute Gasteiger partial charge is 0.444 e. The minimum absolute atomic E-state index is 0.00404. The van der Waals surface area contributed by atoms with Gasteiger partial charge in [0.05, 0.1) is 6.61 Å². The summed E-state index contributed by atoms with van der Waals surface area (Å²) in [7, 11) is 0. The standard InChI is InChI=1S/C17H24ClNO3/c1-15(2,3)22-14(21)19-11-6-7-13(18)12(8-11)17(10-20)9-16(17,4)5/h6-8,20H,9-10H2,1-5H3,(H,19,21). The number of halogens is 1. The third-order valence-electron chi connectivity index (χ3n) is 4.31. The topological polar surface area (TPSA) is 58.6 Å². The number of amides is 1. The van der Waals surface area contributed by atoms with E-state index in [1.807, 2.05) is 26.8 Å². The van der Waals surface area contributed by atoms with Gasteiger partial charge in [0.15, 0.2) is 0 Å². The molecule has 2 N–H and O–H groups in total. The van der Waals surface area contributed by atoms with Crippen molar-refractivity contribution < 1.29 is 14.6 Å². The summed E-state index contributed by atoms with van der Waals surface area (Å²) in [6.45, 7) is 9.69. The average Bonchev–Trinajstić information content (AvgIpc) is 2.92. The van der Waals surface area contributed by atoms with E-state index in [1.54, 1.807) is 12.1 Å². The molecule has 4 nitrogen and oxygen atoms in total. The molecule has 1 aliphatic rings. The third-order valence-corrected chi connectivity index (χ3v) is 4.64. The fraction of sp³-hybridized carbons (Fsp3) is 0.588. The van der Waals surface area contributed by atoms with Gasteiger partial charge >= 0.3 is 6.09 Å². The maximum absolute atomic E-state index is 11.9. The molecule has 0 spiro atoms. The van der Waals surface area contributed by atoms with Crippen molar-refractivity contribution in [3.8, 4) is 0 Å². The number of nitrogens with one attached hydrogen (secondary N) is 1. The van der Waals surface area contributed by atoms with E-state index >= 15 is 0 Å². The van der Waals surface area contributed by atoms with Crippen molar-refractivity contribution in [1.82, 2.24) is 0 Å². The number of benzene rings is 1. The summed E-state index contributed by atoms with van der Waals surface area (Å²) in [5, 5.41) is 13.1. The molecule has 22 heavy (non-hydrogen) atoms.